The van der Waals surface area contributed by atoms with Crippen molar-refractivity contribution in [1.29, 1.82) is 0 Å². The zero-order chi connectivity index (χ0) is 13.0. The summed E-state index contributed by atoms with van der Waals surface area (Å²) in [4.78, 5) is 0. The van der Waals surface area contributed by atoms with Gasteiger partial charge in [-0.2, -0.15) is 0 Å². The van der Waals surface area contributed by atoms with Gasteiger partial charge >= 0.3 is 0 Å². The van der Waals surface area contributed by atoms with Gasteiger partial charge in [0.25, 0.3) is 0 Å². The summed E-state index contributed by atoms with van der Waals surface area (Å²) >= 11 is 0. The molecule has 8 heteroatoms. The fourth-order valence-electron chi connectivity index (χ4n) is 1.59. The molecule has 1 fully saturated rings. The maximum atomic E-state index is 9.64. The first-order valence-corrected chi connectivity index (χ1v) is 5.32. The molecule has 8 nitrogen and oxygen atoms in total. The Morgan fingerprint density at radius 1 is 1.12 bits per heavy atom. The lowest BCUT2D eigenvalue weighted by Crippen LogP contribution is -2.61. The van der Waals surface area contributed by atoms with Crippen LogP contribution in [0.25, 0.3) is 0 Å². The van der Waals surface area contributed by atoms with Gasteiger partial charge in [-0.05, 0) is 0 Å². The normalized spacial score (nSPS) is 40.2. The lowest BCUT2D eigenvalue weighted by atomic mass is 9.96. The smallest absolute Gasteiger partial charge is 0.184 e. The first-order valence-electron chi connectivity index (χ1n) is 5.32. The van der Waals surface area contributed by atoms with E-state index >= 15 is 0 Å². The van der Waals surface area contributed by atoms with Crippen molar-refractivity contribution < 1.29 is 35.0 Å². The minimum Gasteiger partial charge on any atom is -0.388 e. The molecule has 0 radical (unpaired) electrons. The SMILES string of the molecule is NCCOC[C@@H](O)[C@H]1O[C@@H](O)[C@@H](O)[C@@H](O)[C@@H]1O. The van der Waals surface area contributed by atoms with E-state index in [-0.39, 0.29) is 19.8 Å². The summed E-state index contributed by atoms with van der Waals surface area (Å²) in [5, 5.41) is 47.1. The standard InChI is InChI=1S/C9H19NO7/c10-1-2-16-3-4(11)8-6(13)5(12)7(14)9(15)17-8/h4-9,11-15H,1-3,10H2/t4-,5+,6+,7+,8-,9-/m1/s1. The Kier molecular flexibility index (Phi) is 5.70. The van der Waals surface area contributed by atoms with Crippen LogP contribution in [0.15, 0.2) is 0 Å². The maximum absolute atomic E-state index is 9.64. The van der Waals surface area contributed by atoms with Crippen molar-refractivity contribution in [2.24, 2.45) is 5.73 Å². The third kappa shape index (κ3) is 3.57. The number of hydrogen-bond donors (Lipinski definition) is 6. The second-order valence-electron chi connectivity index (χ2n) is 3.89. The van der Waals surface area contributed by atoms with Gasteiger partial charge in [-0.3, -0.25) is 0 Å². The van der Waals surface area contributed by atoms with Crippen LogP contribution in [-0.2, 0) is 9.47 Å². The van der Waals surface area contributed by atoms with Crippen molar-refractivity contribution >= 4 is 0 Å². The Labute approximate surface area is 98.2 Å². The number of aliphatic hydroxyl groups excluding tert-OH is 5. The molecule has 0 spiro atoms. The number of hydrogen-bond acceptors (Lipinski definition) is 8. The van der Waals surface area contributed by atoms with Gasteiger partial charge in [-0.1, -0.05) is 0 Å². The fraction of sp³-hybridized carbons (Fsp3) is 1.00. The van der Waals surface area contributed by atoms with Crippen LogP contribution in [0.4, 0.5) is 0 Å². The molecule has 0 saturated carbocycles. The molecule has 17 heavy (non-hydrogen) atoms. The molecule has 0 aliphatic carbocycles. The van der Waals surface area contributed by atoms with Crippen molar-refractivity contribution in [3.8, 4) is 0 Å². The van der Waals surface area contributed by atoms with Crippen LogP contribution in [0.3, 0.4) is 0 Å². The highest BCUT2D eigenvalue weighted by molar-refractivity contribution is 4.91. The molecular formula is C9H19NO7. The quantitative estimate of drug-likeness (QED) is 0.273. The summed E-state index contributed by atoms with van der Waals surface area (Å²) in [7, 11) is 0. The molecule has 0 aromatic heterocycles. The number of nitrogens with two attached hydrogens (primary N) is 1. The van der Waals surface area contributed by atoms with E-state index in [1.807, 2.05) is 0 Å². The molecule has 102 valence electrons. The Hall–Kier alpha value is -0.320. The summed E-state index contributed by atoms with van der Waals surface area (Å²) in [6, 6.07) is 0. The van der Waals surface area contributed by atoms with Crippen LogP contribution < -0.4 is 5.73 Å². The molecule has 0 aromatic carbocycles. The summed E-state index contributed by atoms with van der Waals surface area (Å²) < 4.78 is 9.76. The summed E-state index contributed by atoms with van der Waals surface area (Å²) in [5.41, 5.74) is 5.18. The number of ether oxygens (including phenoxy) is 2. The second kappa shape index (κ2) is 6.57. The van der Waals surface area contributed by atoms with Crippen molar-refractivity contribution in [1.82, 2.24) is 0 Å². The Bertz CT molecular complexity index is 229. The van der Waals surface area contributed by atoms with Crippen molar-refractivity contribution in [3.05, 3.63) is 0 Å². The van der Waals surface area contributed by atoms with Crippen molar-refractivity contribution in [2.45, 2.75) is 36.8 Å². The van der Waals surface area contributed by atoms with Crippen LogP contribution in [-0.4, -0.2) is 82.1 Å². The van der Waals surface area contributed by atoms with E-state index in [4.69, 9.17) is 15.2 Å². The average Bonchev–Trinajstić information content (AvgIpc) is 2.31. The molecule has 6 atom stereocenters. The predicted octanol–water partition coefficient (Wildman–Crippen LogP) is -3.88. The van der Waals surface area contributed by atoms with Gasteiger partial charge in [0.1, 0.15) is 30.5 Å². The van der Waals surface area contributed by atoms with Crippen molar-refractivity contribution in [3.63, 3.8) is 0 Å². The van der Waals surface area contributed by atoms with E-state index in [1.165, 1.54) is 0 Å². The van der Waals surface area contributed by atoms with Crippen LogP contribution >= 0.6 is 0 Å². The molecule has 1 saturated heterocycles. The van der Waals surface area contributed by atoms with E-state index in [0.29, 0.717) is 0 Å². The molecule has 0 bridgehead atoms. The van der Waals surface area contributed by atoms with E-state index in [2.05, 4.69) is 0 Å². The highest BCUT2D eigenvalue weighted by Crippen LogP contribution is 2.22. The first kappa shape index (κ1) is 14.7. The largest absolute Gasteiger partial charge is 0.388 e. The Balaban J connectivity index is 2.51. The second-order valence-corrected chi connectivity index (χ2v) is 3.89. The van der Waals surface area contributed by atoms with Crippen LogP contribution in [0.1, 0.15) is 0 Å². The first-order chi connectivity index (χ1) is 7.99. The van der Waals surface area contributed by atoms with Crippen molar-refractivity contribution in [2.75, 3.05) is 19.8 Å². The van der Waals surface area contributed by atoms with E-state index in [1.54, 1.807) is 0 Å². The molecule has 1 heterocycles. The van der Waals surface area contributed by atoms with Crippen LogP contribution in [0, 0.1) is 0 Å². The molecule has 0 unspecified atom stereocenters. The van der Waals surface area contributed by atoms with Gasteiger partial charge < -0.3 is 40.7 Å². The minimum atomic E-state index is -1.66. The molecular weight excluding hydrogens is 234 g/mol. The van der Waals surface area contributed by atoms with E-state index in [0.717, 1.165) is 0 Å². The third-order valence-electron chi connectivity index (χ3n) is 2.56. The van der Waals surface area contributed by atoms with Gasteiger partial charge in [0.05, 0.1) is 13.2 Å². The summed E-state index contributed by atoms with van der Waals surface area (Å²) in [5.74, 6) is 0. The lowest BCUT2D eigenvalue weighted by molar-refractivity contribution is -0.299. The highest BCUT2D eigenvalue weighted by Gasteiger charge is 2.45. The summed E-state index contributed by atoms with van der Waals surface area (Å²) in [6.45, 7) is 0.354. The minimum absolute atomic E-state index is 0.158. The maximum Gasteiger partial charge on any atom is 0.184 e. The van der Waals surface area contributed by atoms with Crippen LogP contribution in [0.2, 0.25) is 0 Å². The molecule has 1 aliphatic rings. The topological polar surface area (TPSA) is 146 Å². The molecule has 1 aliphatic heterocycles. The number of rotatable bonds is 5. The van der Waals surface area contributed by atoms with Gasteiger partial charge in [-0.25, -0.2) is 0 Å². The highest BCUT2D eigenvalue weighted by atomic mass is 16.6. The number of aliphatic hydroxyl groups is 5. The fourth-order valence-corrected chi connectivity index (χ4v) is 1.59. The summed E-state index contributed by atoms with van der Waals surface area (Å²) in [6.07, 6.45) is -8.85. The molecule has 0 amide bonds. The van der Waals surface area contributed by atoms with E-state index < -0.39 is 36.8 Å². The van der Waals surface area contributed by atoms with Gasteiger partial charge in [-0.15, -0.1) is 0 Å². The van der Waals surface area contributed by atoms with Gasteiger partial charge in [0.15, 0.2) is 6.29 Å². The molecule has 0 aromatic rings. The van der Waals surface area contributed by atoms with Gasteiger partial charge in [0, 0.05) is 6.54 Å². The lowest BCUT2D eigenvalue weighted by Gasteiger charge is -2.40. The van der Waals surface area contributed by atoms with Gasteiger partial charge in [0.2, 0.25) is 0 Å². The Morgan fingerprint density at radius 3 is 2.35 bits per heavy atom. The zero-order valence-electron chi connectivity index (χ0n) is 9.22. The third-order valence-corrected chi connectivity index (χ3v) is 2.56. The predicted molar refractivity (Wildman–Crippen MR) is 54.8 cm³/mol. The molecule has 1 rings (SSSR count). The average molecular weight is 253 g/mol. The van der Waals surface area contributed by atoms with E-state index in [9.17, 15) is 25.5 Å². The molecule has 7 N–H and O–H groups in total. The monoisotopic (exact) mass is 253 g/mol. The zero-order valence-corrected chi connectivity index (χ0v) is 9.22. The van der Waals surface area contributed by atoms with Crippen LogP contribution in [0.5, 0.6) is 0 Å². The Morgan fingerprint density at radius 2 is 1.76 bits per heavy atom.